The molecule has 26 heavy (non-hydrogen) atoms. The molecule has 0 saturated carbocycles. The van der Waals surface area contributed by atoms with E-state index in [1.165, 1.54) is 28.4 Å². The van der Waals surface area contributed by atoms with Gasteiger partial charge in [0, 0.05) is 35.1 Å². The Balaban J connectivity index is 1.69. The molecule has 0 N–H and O–H groups in total. The third kappa shape index (κ3) is 4.39. The van der Waals surface area contributed by atoms with E-state index >= 15 is 0 Å². The highest BCUT2D eigenvalue weighted by Crippen LogP contribution is 2.22. The van der Waals surface area contributed by atoms with E-state index in [0.717, 1.165) is 5.69 Å². The molecule has 3 rings (SSSR count). The van der Waals surface area contributed by atoms with Crippen LogP contribution in [0.5, 0.6) is 5.75 Å². The molecule has 134 valence electrons. The number of hydrogen-bond donors (Lipinski definition) is 0. The van der Waals surface area contributed by atoms with Crippen LogP contribution >= 0.6 is 22.9 Å². The smallest absolute Gasteiger partial charge is 0.254 e. The summed E-state index contributed by atoms with van der Waals surface area (Å²) >= 11 is 7.53. The molecule has 0 spiro atoms. The Labute approximate surface area is 159 Å². The van der Waals surface area contributed by atoms with Crippen LogP contribution in [0.2, 0.25) is 5.02 Å². The van der Waals surface area contributed by atoms with E-state index in [9.17, 15) is 9.18 Å². The lowest BCUT2D eigenvalue weighted by Gasteiger charge is -2.19. The molecule has 1 heterocycles. The summed E-state index contributed by atoms with van der Waals surface area (Å²) in [6.07, 6.45) is 0. The van der Waals surface area contributed by atoms with Gasteiger partial charge in [0.25, 0.3) is 5.91 Å². The second-order valence-corrected chi connectivity index (χ2v) is 6.78. The van der Waals surface area contributed by atoms with Gasteiger partial charge >= 0.3 is 0 Å². The van der Waals surface area contributed by atoms with E-state index in [-0.39, 0.29) is 12.5 Å². The van der Waals surface area contributed by atoms with Crippen molar-refractivity contribution in [2.45, 2.75) is 13.2 Å². The van der Waals surface area contributed by atoms with E-state index in [4.69, 9.17) is 16.3 Å². The standard InChI is InChI=1S/C19H16ClFN2O2S/c1-23(9-16-17(20)6-3-7-18(16)21)19(24)13-4-2-5-15(8-13)25-10-14-11-26-12-22-14/h2-8,11-12H,9-10H2,1H3. The third-order valence-corrected chi connectivity index (χ3v) is 4.74. The molecule has 0 aliphatic carbocycles. The van der Waals surface area contributed by atoms with E-state index < -0.39 is 5.82 Å². The van der Waals surface area contributed by atoms with Crippen molar-refractivity contribution in [3.8, 4) is 5.75 Å². The molecule has 0 bridgehead atoms. The second kappa shape index (κ2) is 8.29. The maximum Gasteiger partial charge on any atom is 0.254 e. The fourth-order valence-corrected chi connectivity index (χ4v) is 3.16. The van der Waals surface area contributed by atoms with Crippen LogP contribution in [0.25, 0.3) is 0 Å². The maximum absolute atomic E-state index is 13.9. The number of hydrogen-bond acceptors (Lipinski definition) is 4. The molecule has 0 atom stereocenters. The van der Waals surface area contributed by atoms with E-state index in [2.05, 4.69) is 4.98 Å². The Hall–Kier alpha value is -2.44. The van der Waals surface area contributed by atoms with E-state index in [0.29, 0.717) is 28.5 Å². The summed E-state index contributed by atoms with van der Waals surface area (Å²) in [5.74, 6) is -0.109. The SMILES string of the molecule is CN(Cc1c(F)cccc1Cl)C(=O)c1cccc(OCc2cscn2)c1. The average molecular weight is 391 g/mol. The second-order valence-electron chi connectivity index (χ2n) is 5.66. The molecular weight excluding hydrogens is 375 g/mol. The predicted molar refractivity (Wildman–Crippen MR) is 100 cm³/mol. The van der Waals surface area contributed by atoms with Crippen molar-refractivity contribution >= 4 is 28.8 Å². The maximum atomic E-state index is 13.9. The molecule has 0 aliphatic heterocycles. The minimum absolute atomic E-state index is 0.0776. The minimum Gasteiger partial charge on any atom is -0.487 e. The van der Waals surface area contributed by atoms with Crippen molar-refractivity contribution in [3.05, 3.63) is 81.0 Å². The monoisotopic (exact) mass is 390 g/mol. The molecular formula is C19H16ClFN2O2S. The summed E-state index contributed by atoms with van der Waals surface area (Å²) in [4.78, 5) is 18.2. The largest absolute Gasteiger partial charge is 0.487 e. The molecule has 1 aromatic heterocycles. The van der Waals surface area contributed by atoms with Gasteiger partial charge in [0.15, 0.2) is 0 Å². The Kier molecular flexibility index (Phi) is 5.85. The van der Waals surface area contributed by atoms with Crippen molar-refractivity contribution < 1.29 is 13.9 Å². The number of carbonyl (C=O) groups excluding carboxylic acids is 1. The van der Waals surface area contributed by atoms with Gasteiger partial charge in [0.2, 0.25) is 0 Å². The van der Waals surface area contributed by atoms with Gasteiger partial charge in [-0.15, -0.1) is 11.3 Å². The van der Waals surface area contributed by atoms with Crippen LogP contribution in [-0.2, 0) is 13.2 Å². The Morgan fingerprint density at radius 1 is 1.31 bits per heavy atom. The normalized spacial score (nSPS) is 10.6. The fourth-order valence-electron chi connectivity index (χ4n) is 2.40. The third-order valence-electron chi connectivity index (χ3n) is 3.75. The van der Waals surface area contributed by atoms with Gasteiger partial charge in [-0.3, -0.25) is 4.79 Å². The predicted octanol–water partition coefficient (Wildman–Crippen LogP) is 4.79. The summed E-state index contributed by atoms with van der Waals surface area (Å²) in [7, 11) is 1.61. The first kappa shape index (κ1) is 18.4. The number of ether oxygens (including phenoxy) is 1. The zero-order valence-corrected chi connectivity index (χ0v) is 15.6. The van der Waals surface area contributed by atoms with Crippen molar-refractivity contribution in [3.63, 3.8) is 0 Å². The Morgan fingerprint density at radius 3 is 2.85 bits per heavy atom. The summed E-state index contributed by atoms with van der Waals surface area (Å²) in [6, 6.07) is 11.3. The highest BCUT2D eigenvalue weighted by Gasteiger charge is 2.16. The first-order valence-corrected chi connectivity index (χ1v) is 9.15. The highest BCUT2D eigenvalue weighted by atomic mass is 35.5. The number of benzene rings is 2. The summed E-state index contributed by atoms with van der Waals surface area (Å²) in [6.45, 7) is 0.413. The lowest BCUT2D eigenvalue weighted by atomic mass is 10.1. The van der Waals surface area contributed by atoms with Crippen LogP contribution in [0.15, 0.2) is 53.4 Å². The minimum atomic E-state index is -0.433. The number of amides is 1. The van der Waals surface area contributed by atoms with Gasteiger partial charge in [-0.2, -0.15) is 0 Å². The number of carbonyl (C=O) groups is 1. The molecule has 0 aliphatic rings. The van der Waals surface area contributed by atoms with Gasteiger partial charge in [-0.05, 0) is 30.3 Å². The number of halogens is 2. The average Bonchev–Trinajstić information content (AvgIpc) is 3.16. The first-order valence-electron chi connectivity index (χ1n) is 7.83. The van der Waals surface area contributed by atoms with Gasteiger partial charge in [0.05, 0.1) is 11.2 Å². The molecule has 4 nitrogen and oxygen atoms in total. The van der Waals surface area contributed by atoms with E-state index in [1.807, 2.05) is 5.38 Å². The van der Waals surface area contributed by atoms with Crippen LogP contribution in [0.3, 0.4) is 0 Å². The zero-order valence-electron chi connectivity index (χ0n) is 14.0. The number of nitrogens with zero attached hydrogens (tertiary/aromatic N) is 2. The van der Waals surface area contributed by atoms with Crippen LogP contribution in [0.4, 0.5) is 4.39 Å². The number of aromatic nitrogens is 1. The molecule has 7 heteroatoms. The van der Waals surface area contributed by atoms with Crippen molar-refractivity contribution in [2.75, 3.05) is 7.05 Å². The van der Waals surface area contributed by atoms with Crippen molar-refractivity contribution in [1.82, 2.24) is 9.88 Å². The van der Waals surface area contributed by atoms with Gasteiger partial charge < -0.3 is 9.64 Å². The lowest BCUT2D eigenvalue weighted by molar-refractivity contribution is 0.0783. The van der Waals surface area contributed by atoms with Crippen molar-refractivity contribution in [1.29, 1.82) is 0 Å². The van der Waals surface area contributed by atoms with Gasteiger partial charge in [-0.1, -0.05) is 23.7 Å². The summed E-state index contributed by atoms with van der Waals surface area (Å²) in [5, 5.41) is 2.20. The molecule has 2 aromatic carbocycles. The van der Waals surface area contributed by atoms with Crippen LogP contribution < -0.4 is 4.74 Å². The molecule has 0 saturated heterocycles. The molecule has 0 fully saturated rings. The quantitative estimate of drug-likeness (QED) is 0.608. The van der Waals surface area contributed by atoms with Gasteiger partial charge in [0.1, 0.15) is 18.2 Å². The Morgan fingerprint density at radius 2 is 2.12 bits per heavy atom. The first-order chi connectivity index (χ1) is 12.5. The molecule has 3 aromatic rings. The van der Waals surface area contributed by atoms with Crippen LogP contribution in [0, 0.1) is 5.82 Å². The molecule has 0 unspecified atom stereocenters. The van der Waals surface area contributed by atoms with E-state index in [1.54, 1.807) is 42.9 Å². The molecule has 1 amide bonds. The van der Waals surface area contributed by atoms with Gasteiger partial charge in [-0.25, -0.2) is 9.37 Å². The highest BCUT2D eigenvalue weighted by molar-refractivity contribution is 7.07. The van der Waals surface area contributed by atoms with Crippen LogP contribution in [0.1, 0.15) is 21.6 Å². The topological polar surface area (TPSA) is 42.4 Å². The Bertz CT molecular complexity index is 882. The number of rotatable bonds is 6. The van der Waals surface area contributed by atoms with Crippen LogP contribution in [-0.4, -0.2) is 22.8 Å². The number of thiazole rings is 1. The lowest BCUT2D eigenvalue weighted by Crippen LogP contribution is -2.26. The summed E-state index contributed by atoms with van der Waals surface area (Å²) < 4.78 is 19.6. The molecule has 0 radical (unpaired) electrons. The fraction of sp³-hybridized carbons (Fsp3) is 0.158. The zero-order chi connectivity index (χ0) is 18.5. The summed E-state index contributed by atoms with van der Waals surface area (Å²) in [5.41, 5.74) is 3.32. The van der Waals surface area contributed by atoms with Crippen molar-refractivity contribution in [2.24, 2.45) is 0 Å².